The van der Waals surface area contributed by atoms with Gasteiger partial charge in [-0.2, -0.15) is 13.9 Å². The third-order valence-corrected chi connectivity index (χ3v) is 4.04. The number of benzene rings is 1. The summed E-state index contributed by atoms with van der Waals surface area (Å²) in [5.41, 5.74) is 1.36. The van der Waals surface area contributed by atoms with Gasteiger partial charge in [0.1, 0.15) is 0 Å². The summed E-state index contributed by atoms with van der Waals surface area (Å²) >= 11 is 3.35. The smallest absolute Gasteiger partial charge is 0.387 e. The van der Waals surface area contributed by atoms with Crippen molar-refractivity contribution in [1.82, 2.24) is 9.78 Å². The molecule has 0 unspecified atom stereocenters. The van der Waals surface area contributed by atoms with Crippen LogP contribution >= 0.6 is 15.9 Å². The Balaban J connectivity index is 1.97. The Kier molecular flexibility index (Phi) is 6.13. The first-order valence-electron chi connectivity index (χ1n) is 7.01. The number of rotatable bonds is 7. The number of alkyl halides is 2. The Morgan fingerprint density at radius 3 is 2.75 bits per heavy atom. The predicted molar refractivity (Wildman–Crippen MR) is 87.5 cm³/mol. The standard InChI is InChI=1S/C15H16BrF2N3O3/c1-9-11(16)8-19-21(9)6-5-14(22)20-10-3-4-12(24-15(17)18)13(7-10)23-2/h3-4,7-8,15H,5-6H2,1-2H3,(H,20,22). The minimum Gasteiger partial charge on any atom is -0.493 e. The van der Waals surface area contributed by atoms with Gasteiger partial charge in [0.05, 0.1) is 24.3 Å². The number of aryl methyl sites for hydroxylation is 1. The van der Waals surface area contributed by atoms with Crippen LogP contribution in [0.5, 0.6) is 11.5 Å². The van der Waals surface area contributed by atoms with Crippen LogP contribution in [-0.4, -0.2) is 29.4 Å². The highest BCUT2D eigenvalue weighted by Gasteiger charge is 2.12. The number of nitrogens with one attached hydrogen (secondary N) is 1. The van der Waals surface area contributed by atoms with Crippen molar-refractivity contribution < 1.29 is 23.0 Å². The molecule has 0 spiro atoms. The average molecular weight is 404 g/mol. The Morgan fingerprint density at radius 1 is 1.42 bits per heavy atom. The first-order chi connectivity index (χ1) is 11.4. The highest BCUT2D eigenvalue weighted by Crippen LogP contribution is 2.31. The quantitative estimate of drug-likeness (QED) is 0.766. The van der Waals surface area contributed by atoms with Crippen molar-refractivity contribution >= 4 is 27.5 Å². The van der Waals surface area contributed by atoms with Gasteiger partial charge in [0.2, 0.25) is 5.91 Å². The molecule has 0 atom stereocenters. The molecule has 0 bridgehead atoms. The summed E-state index contributed by atoms with van der Waals surface area (Å²) in [6.07, 6.45) is 1.88. The van der Waals surface area contributed by atoms with Gasteiger partial charge in [-0.15, -0.1) is 0 Å². The lowest BCUT2D eigenvalue weighted by Crippen LogP contribution is -2.15. The number of hydrogen-bond acceptors (Lipinski definition) is 4. The van der Waals surface area contributed by atoms with Crippen molar-refractivity contribution in [2.24, 2.45) is 0 Å². The molecule has 1 aromatic carbocycles. The molecule has 2 aromatic rings. The maximum Gasteiger partial charge on any atom is 0.387 e. The van der Waals surface area contributed by atoms with E-state index in [1.165, 1.54) is 25.3 Å². The number of anilines is 1. The molecule has 0 aliphatic carbocycles. The van der Waals surface area contributed by atoms with E-state index in [1.807, 2.05) is 6.92 Å². The molecule has 0 radical (unpaired) electrons. The number of amides is 1. The van der Waals surface area contributed by atoms with E-state index in [-0.39, 0.29) is 23.8 Å². The molecule has 0 saturated heterocycles. The third kappa shape index (κ3) is 4.67. The summed E-state index contributed by atoms with van der Waals surface area (Å²) in [6, 6.07) is 4.20. The van der Waals surface area contributed by atoms with E-state index >= 15 is 0 Å². The van der Waals surface area contributed by atoms with E-state index < -0.39 is 6.61 Å². The summed E-state index contributed by atoms with van der Waals surface area (Å²) in [4.78, 5) is 12.0. The SMILES string of the molecule is COc1cc(NC(=O)CCn2ncc(Br)c2C)ccc1OC(F)F. The van der Waals surface area contributed by atoms with Crippen molar-refractivity contribution in [3.8, 4) is 11.5 Å². The van der Waals surface area contributed by atoms with Gasteiger partial charge in [-0.3, -0.25) is 9.48 Å². The topological polar surface area (TPSA) is 65.4 Å². The van der Waals surface area contributed by atoms with E-state index in [1.54, 1.807) is 10.9 Å². The fourth-order valence-corrected chi connectivity index (χ4v) is 2.32. The third-order valence-electron chi connectivity index (χ3n) is 3.26. The van der Waals surface area contributed by atoms with Crippen LogP contribution in [0.1, 0.15) is 12.1 Å². The molecule has 1 aromatic heterocycles. The van der Waals surface area contributed by atoms with Crippen LogP contribution in [0.25, 0.3) is 0 Å². The lowest BCUT2D eigenvalue weighted by Gasteiger charge is -2.12. The van der Waals surface area contributed by atoms with Crippen LogP contribution in [0.2, 0.25) is 0 Å². The van der Waals surface area contributed by atoms with Gasteiger partial charge < -0.3 is 14.8 Å². The van der Waals surface area contributed by atoms with Crippen LogP contribution in [-0.2, 0) is 11.3 Å². The van der Waals surface area contributed by atoms with Gasteiger partial charge >= 0.3 is 6.61 Å². The molecule has 0 aliphatic heterocycles. The normalized spacial score (nSPS) is 10.8. The molecule has 24 heavy (non-hydrogen) atoms. The fourth-order valence-electron chi connectivity index (χ4n) is 2.02. The summed E-state index contributed by atoms with van der Waals surface area (Å²) < 4.78 is 36.5. The van der Waals surface area contributed by atoms with Crippen molar-refractivity contribution in [3.63, 3.8) is 0 Å². The Hall–Kier alpha value is -2.16. The molecule has 0 saturated carbocycles. The summed E-state index contributed by atoms with van der Waals surface area (Å²) in [7, 11) is 1.33. The van der Waals surface area contributed by atoms with Crippen molar-refractivity contribution in [2.45, 2.75) is 26.5 Å². The number of aromatic nitrogens is 2. The Morgan fingerprint density at radius 2 is 2.17 bits per heavy atom. The molecular formula is C15H16BrF2N3O3. The summed E-state index contributed by atoms with van der Waals surface area (Å²) in [5.74, 6) is -0.215. The lowest BCUT2D eigenvalue weighted by atomic mass is 10.2. The van der Waals surface area contributed by atoms with Crippen molar-refractivity contribution in [1.29, 1.82) is 0 Å². The highest BCUT2D eigenvalue weighted by molar-refractivity contribution is 9.10. The largest absolute Gasteiger partial charge is 0.493 e. The molecule has 6 nitrogen and oxygen atoms in total. The van der Waals surface area contributed by atoms with E-state index in [9.17, 15) is 13.6 Å². The van der Waals surface area contributed by atoms with Gasteiger partial charge in [0, 0.05) is 23.9 Å². The molecule has 9 heteroatoms. The molecule has 1 N–H and O–H groups in total. The van der Waals surface area contributed by atoms with Crippen LogP contribution < -0.4 is 14.8 Å². The molecule has 2 rings (SSSR count). The average Bonchev–Trinajstić information content (AvgIpc) is 2.85. The van der Waals surface area contributed by atoms with Crippen LogP contribution in [0.15, 0.2) is 28.9 Å². The first-order valence-corrected chi connectivity index (χ1v) is 7.80. The second kappa shape index (κ2) is 8.09. The van der Waals surface area contributed by atoms with Crippen LogP contribution in [0.4, 0.5) is 14.5 Å². The van der Waals surface area contributed by atoms with Gasteiger partial charge in [-0.25, -0.2) is 0 Å². The molecule has 0 fully saturated rings. The summed E-state index contributed by atoms with van der Waals surface area (Å²) in [5, 5.41) is 6.82. The maximum atomic E-state index is 12.3. The maximum absolute atomic E-state index is 12.3. The van der Waals surface area contributed by atoms with Crippen molar-refractivity contribution in [2.75, 3.05) is 12.4 Å². The molecule has 1 heterocycles. The van der Waals surface area contributed by atoms with Crippen LogP contribution in [0, 0.1) is 6.92 Å². The van der Waals surface area contributed by atoms with E-state index in [2.05, 4.69) is 31.1 Å². The predicted octanol–water partition coefficient (Wildman–Crippen LogP) is 3.59. The van der Waals surface area contributed by atoms with Gasteiger partial charge in [0.25, 0.3) is 0 Å². The zero-order valence-corrected chi connectivity index (χ0v) is 14.6. The zero-order valence-electron chi connectivity index (χ0n) is 13.1. The van der Waals surface area contributed by atoms with E-state index in [0.29, 0.717) is 12.2 Å². The number of nitrogens with zero attached hydrogens (tertiary/aromatic N) is 2. The fraction of sp³-hybridized carbons (Fsp3) is 0.333. The van der Waals surface area contributed by atoms with E-state index in [4.69, 9.17) is 4.74 Å². The second-order valence-electron chi connectivity index (χ2n) is 4.84. The number of hydrogen-bond donors (Lipinski definition) is 1. The van der Waals surface area contributed by atoms with Gasteiger partial charge in [-0.05, 0) is 35.0 Å². The van der Waals surface area contributed by atoms with Crippen LogP contribution in [0.3, 0.4) is 0 Å². The highest BCUT2D eigenvalue weighted by atomic mass is 79.9. The number of halogens is 3. The second-order valence-corrected chi connectivity index (χ2v) is 5.70. The lowest BCUT2D eigenvalue weighted by molar-refractivity contribution is -0.116. The van der Waals surface area contributed by atoms with Crippen molar-refractivity contribution in [3.05, 3.63) is 34.6 Å². The molecule has 1 amide bonds. The number of ether oxygens (including phenoxy) is 2. The zero-order chi connectivity index (χ0) is 17.7. The monoisotopic (exact) mass is 403 g/mol. The number of carbonyl (C=O) groups is 1. The Bertz CT molecular complexity index is 722. The minimum atomic E-state index is -2.95. The summed E-state index contributed by atoms with van der Waals surface area (Å²) in [6.45, 7) is -0.634. The first kappa shape index (κ1) is 18.2. The molecule has 130 valence electrons. The Labute approximate surface area is 145 Å². The van der Waals surface area contributed by atoms with Gasteiger partial charge in [-0.1, -0.05) is 0 Å². The molecular weight excluding hydrogens is 388 g/mol. The van der Waals surface area contributed by atoms with Gasteiger partial charge in [0.15, 0.2) is 11.5 Å². The van der Waals surface area contributed by atoms with E-state index in [0.717, 1.165) is 10.2 Å². The number of carbonyl (C=O) groups excluding carboxylic acids is 1. The minimum absolute atomic E-state index is 0.0949. The molecule has 0 aliphatic rings. The number of methoxy groups -OCH3 is 1.